The number of nitrogens with zero attached hydrogens (tertiary/aromatic N) is 2. The largest absolute Gasteiger partial charge is 0.372 e. The molecule has 0 aromatic heterocycles. The van der Waals surface area contributed by atoms with Gasteiger partial charge in [0, 0.05) is 44.4 Å². The van der Waals surface area contributed by atoms with Gasteiger partial charge >= 0.3 is 0 Å². The van der Waals surface area contributed by atoms with E-state index >= 15 is 0 Å². The fourth-order valence-corrected chi connectivity index (χ4v) is 6.14. The lowest BCUT2D eigenvalue weighted by molar-refractivity contribution is -0.139. The second-order valence-corrected chi connectivity index (χ2v) is 13.5. The van der Waals surface area contributed by atoms with Crippen LogP contribution in [-0.4, -0.2) is 97.7 Å². The number of rotatable bonds is 6. The third-order valence-corrected chi connectivity index (χ3v) is 9.12. The van der Waals surface area contributed by atoms with E-state index in [1.807, 2.05) is 42.5 Å². The second-order valence-electron chi connectivity index (χ2n) is 13.5. The number of likely N-dealkylation sites (N-methyl/N-ethyl adjacent to an activating group) is 1. The van der Waals surface area contributed by atoms with Gasteiger partial charge in [-0.25, -0.2) is 0 Å². The summed E-state index contributed by atoms with van der Waals surface area (Å²) in [7, 11) is 1.48. The van der Waals surface area contributed by atoms with Crippen molar-refractivity contribution in [1.82, 2.24) is 31.5 Å². The lowest BCUT2D eigenvalue weighted by Crippen LogP contribution is -2.59. The number of carbonyl (C=O) groups is 6. The quantitative estimate of drug-likeness (QED) is 0.306. The topological polar surface area (TPSA) is 169 Å². The van der Waals surface area contributed by atoms with Crippen LogP contribution in [0.1, 0.15) is 68.8 Å². The Hall–Kier alpha value is -4.94. The van der Waals surface area contributed by atoms with Crippen LogP contribution in [0.5, 0.6) is 0 Å². The number of piperidine rings is 1. The fraction of sp³-hybridized carbons (Fsp3) is 0.514. The highest BCUT2D eigenvalue weighted by molar-refractivity contribution is 5.99. The van der Waals surface area contributed by atoms with Gasteiger partial charge in [-0.3, -0.25) is 28.8 Å². The van der Waals surface area contributed by atoms with Gasteiger partial charge in [-0.1, -0.05) is 44.2 Å². The third kappa shape index (κ3) is 10.8. The first-order valence-electron chi connectivity index (χ1n) is 17.6. The van der Waals surface area contributed by atoms with Crippen molar-refractivity contribution in [3.8, 4) is 0 Å². The zero-order valence-corrected chi connectivity index (χ0v) is 29.5. The standard InChI is InChI=1S/C37H51N7O6/c1-24(2)32-36(49)39-25(3)33(46)41-30(22-26-12-7-5-8-13-26)37(50)43(4)23-31(45)38-19-11-14-29(35(48)42-32)40-34(47)27-15-17-28(18-16-27)44-20-9-6-10-21-44/h5,7-8,12-13,15-18,24-25,29-30,32H,6,9-11,14,19-23H2,1-4H3,(H,38,45)(H,39,49)(H,40,47)(H,41,46)(H,42,48)/t25-,29+,30+,32-/m1/s1. The molecule has 0 radical (unpaired) electrons. The minimum absolute atomic E-state index is 0.170. The maximum absolute atomic E-state index is 13.7. The van der Waals surface area contributed by atoms with Gasteiger partial charge in [-0.2, -0.15) is 0 Å². The minimum Gasteiger partial charge on any atom is -0.372 e. The van der Waals surface area contributed by atoms with E-state index in [4.69, 9.17) is 0 Å². The first-order chi connectivity index (χ1) is 23.9. The number of hydrogen-bond donors (Lipinski definition) is 5. The van der Waals surface area contributed by atoms with E-state index in [0.29, 0.717) is 12.0 Å². The first kappa shape index (κ1) is 37.9. The van der Waals surface area contributed by atoms with Crippen LogP contribution in [0.25, 0.3) is 0 Å². The highest BCUT2D eigenvalue weighted by Gasteiger charge is 2.32. The van der Waals surface area contributed by atoms with Crippen molar-refractivity contribution < 1.29 is 28.8 Å². The van der Waals surface area contributed by atoms with E-state index in [2.05, 4.69) is 31.5 Å². The SMILES string of the molecule is CC(C)[C@H]1NC(=O)[C@@H](NC(=O)c2ccc(N3CCCCC3)cc2)CCCNC(=O)CN(C)C(=O)[C@H](Cc2ccccc2)NC(=O)[C@@H](C)NC1=O. The molecule has 2 aliphatic heterocycles. The molecule has 2 saturated heterocycles. The van der Waals surface area contributed by atoms with Crippen molar-refractivity contribution in [2.24, 2.45) is 5.92 Å². The molecule has 13 heteroatoms. The molecule has 0 spiro atoms. The Kier molecular flexibility index (Phi) is 13.8. The van der Waals surface area contributed by atoms with Gasteiger partial charge in [-0.15, -0.1) is 0 Å². The van der Waals surface area contributed by atoms with Gasteiger partial charge in [0.05, 0.1) is 6.54 Å². The molecule has 0 bridgehead atoms. The maximum Gasteiger partial charge on any atom is 0.251 e. The molecule has 0 aliphatic carbocycles. The molecular formula is C37H51N7O6. The second kappa shape index (κ2) is 18.2. The molecule has 4 rings (SSSR count). The number of amides is 6. The number of carbonyl (C=O) groups excluding carboxylic acids is 6. The van der Waals surface area contributed by atoms with Gasteiger partial charge in [0.2, 0.25) is 29.5 Å². The van der Waals surface area contributed by atoms with Crippen molar-refractivity contribution in [3.05, 3.63) is 65.7 Å². The number of hydrogen-bond acceptors (Lipinski definition) is 7. The van der Waals surface area contributed by atoms with Crippen molar-refractivity contribution in [1.29, 1.82) is 0 Å². The summed E-state index contributed by atoms with van der Waals surface area (Å²) in [6, 6.07) is 12.4. The van der Waals surface area contributed by atoms with Crippen LogP contribution in [-0.2, 0) is 30.4 Å². The fourth-order valence-electron chi connectivity index (χ4n) is 6.14. The molecule has 270 valence electrons. The monoisotopic (exact) mass is 689 g/mol. The Morgan fingerprint density at radius 1 is 0.840 bits per heavy atom. The predicted molar refractivity (Wildman–Crippen MR) is 190 cm³/mol. The Morgan fingerprint density at radius 3 is 2.18 bits per heavy atom. The van der Waals surface area contributed by atoms with Gasteiger partial charge in [-0.05, 0) is 74.8 Å². The highest BCUT2D eigenvalue weighted by atomic mass is 16.2. The van der Waals surface area contributed by atoms with E-state index in [1.165, 1.54) is 25.3 Å². The smallest absolute Gasteiger partial charge is 0.251 e. The summed E-state index contributed by atoms with van der Waals surface area (Å²) in [5, 5.41) is 13.8. The van der Waals surface area contributed by atoms with E-state index < -0.39 is 59.6 Å². The van der Waals surface area contributed by atoms with E-state index in [0.717, 1.165) is 37.2 Å². The lowest BCUT2D eigenvalue weighted by atomic mass is 10.0. The Bertz CT molecular complexity index is 1490. The summed E-state index contributed by atoms with van der Waals surface area (Å²) >= 11 is 0. The molecule has 0 unspecified atom stereocenters. The van der Waals surface area contributed by atoms with Crippen molar-refractivity contribution in [2.45, 2.75) is 83.5 Å². The molecule has 4 atom stereocenters. The van der Waals surface area contributed by atoms with Gasteiger partial charge in [0.15, 0.2) is 0 Å². The molecular weight excluding hydrogens is 638 g/mol. The molecule has 2 aromatic carbocycles. The molecule has 2 aliphatic rings. The average Bonchev–Trinajstić information content (AvgIpc) is 3.11. The van der Waals surface area contributed by atoms with Crippen LogP contribution < -0.4 is 31.5 Å². The first-order valence-corrected chi connectivity index (χ1v) is 17.6. The summed E-state index contributed by atoms with van der Waals surface area (Å²) < 4.78 is 0. The molecule has 5 N–H and O–H groups in total. The lowest BCUT2D eigenvalue weighted by Gasteiger charge is -2.29. The molecule has 6 amide bonds. The predicted octanol–water partition coefficient (Wildman–Crippen LogP) is 1.52. The van der Waals surface area contributed by atoms with Crippen LogP contribution in [0, 0.1) is 5.92 Å². The van der Waals surface area contributed by atoms with Crippen LogP contribution >= 0.6 is 0 Å². The van der Waals surface area contributed by atoms with Gasteiger partial charge < -0.3 is 36.4 Å². The zero-order valence-electron chi connectivity index (χ0n) is 29.5. The van der Waals surface area contributed by atoms with E-state index in [1.54, 1.807) is 26.0 Å². The molecule has 2 fully saturated rings. The maximum atomic E-state index is 13.7. The van der Waals surface area contributed by atoms with Gasteiger partial charge in [0.25, 0.3) is 5.91 Å². The van der Waals surface area contributed by atoms with Crippen LogP contribution in [0.2, 0.25) is 0 Å². The van der Waals surface area contributed by atoms with Crippen molar-refractivity contribution in [2.75, 3.05) is 38.1 Å². The number of nitrogens with one attached hydrogen (secondary N) is 5. The van der Waals surface area contributed by atoms with Crippen LogP contribution in [0.4, 0.5) is 5.69 Å². The van der Waals surface area contributed by atoms with Crippen molar-refractivity contribution in [3.63, 3.8) is 0 Å². The van der Waals surface area contributed by atoms with E-state index in [9.17, 15) is 28.8 Å². The van der Waals surface area contributed by atoms with E-state index in [-0.39, 0.29) is 31.8 Å². The Morgan fingerprint density at radius 2 is 1.52 bits per heavy atom. The molecule has 0 saturated carbocycles. The summed E-state index contributed by atoms with van der Waals surface area (Å²) in [6.45, 7) is 6.89. The zero-order chi connectivity index (χ0) is 36.2. The molecule has 50 heavy (non-hydrogen) atoms. The van der Waals surface area contributed by atoms with Crippen LogP contribution in [0.3, 0.4) is 0 Å². The summed E-state index contributed by atoms with van der Waals surface area (Å²) in [6.07, 6.45) is 4.15. The number of benzene rings is 2. The average molecular weight is 690 g/mol. The number of anilines is 1. The molecule has 13 nitrogen and oxygen atoms in total. The van der Waals surface area contributed by atoms with Gasteiger partial charge in [0.1, 0.15) is 24.2 Å². The highest BCUT2D eigenvalue weighted by Crippen LogP contribution is 2.20. The summed E-state index contributed by atoms with van der Waals surface area (Å²) in [5.74, 6) is -3.42. The van der Waals surface area contributed by atoms with Crippen LogP contribution in [0.15, 0.2) is 54.6 Å². The molecule has 2 aromatic rings. The Balaban J connectivity index is 1.51. The third-order valence-electron chi connectivity index (χ3n) is 9.12. The summed E-state index contributed by atoms with van der Waals surface area (Å²) in [4.78, 5) is 83.7. The molecule has 2 heterocycles. The Labute approximate surface area is 294 Å². The normalized spacial score (nSPS) is 23.6. The minimum atomic E-state index is -1.05. The van der Waals surface area contributed by atoms with Crippen molar-refractivity contribution >= 4 is 41.1 Å². The summed E-state index contributed by atoms with van der Waals surface area (Å²) in [5.41, 5.74) is 2.24.